The molecule has 0 fully saturated rings. The van der Waals surface area contributed by atoms with Crippen LogP contribution in [0.2, 0.25) is 0 Å². The van der Waals surface area contributed by atoms with Gasteiger partial charge in [-0.15, -0.1) is 0 Å². The molecule has 0 radical (unpaired) electrons. The number of nitrogens with zero attached hydrogens (tertiary/aromatic N) is 2. The molecule has 0 aliphatic heterocycles. The van der Waals surface area contributed by atoms with Gasteiger partial charge in [0.1, 0.15) is 5.82 Å². The highest BCUT2D eigenvalue weighted by molar-refractivity contribution is 5.46. The van der Waals surface area contributed by atoms with Gasteiger partial charge in [-0.2, -0.15) is 0 Å². The van der Waals surface area contributed by atoms with Gasteiger partial charge in [-0.05, 0) is 20.0 Å². The Morgan fingerprint density at radius 3 is 2.81 bits per heavy atom. The molecule has 2 rings (SSSR count). The van der Waals surface area contributed by atoms with Gasteiger partial charge in [0.2, 0.25) is 0 Å². The van der Waals surface area contributed by atoms with Crippen LogP contribution < -0.4 is 14.8 Å². The maximum atomic E-state index is 5.98. The van der Waals surface area contributed by atoms with Crippen LogP contribution in [0.3, 0.4) is 0 Å². The number of imidazole rings is 1. The lowest BCUT2D eigenvalue weighted by Gasteiger charge is -2.15. The number of hydrogen-bond donors (Lipinski definition) is 1. The molecule has 0 amide bonds. The number of para-hydroxylation sites is 1. The predicted octanol–water partition coefficient (Wildman–Crippen LogP) is 2.16. The summed E-state index contributed by atoms with van der Waals surface area (Å²) in [6, 6.07) is 5.98. The standard InChI is InChI=1S/C16H23N3O2/c1-4-20-14-7-5-6-13(12-17-2)16(14)21-11-8-15-18-9-10-19(15)3/h5-7,9-10,17H,4,8,11-12H2,1-3H3. The number of benzene rings is 1. The molecular formula is C16H23N3O2. The lowest BCUT2D eigenvalue weighted by atomic mass is 10.2. The quantitative estimate of drug-likeness (QED) is 0.809. The minimum Gasteiger partial charge on any atom is -0.490 e. The maximum absolute atomic E-state index is 5.98. The molecule has 1 aromatic carbocycles. The minimum absolute atomic E-state index is 0.575. The smallest absolute Gasteiger partial charge is 0.165 e. The van der Waals surface area contributed by atoms with Gasteiger partial charge in [0.05, 0.1) is 13.2 Å². The first-order valence-corrected chi connectivity index (χ1v) is 7.24. The van der Waals surface area contributed by atoms with E-state index in [2.05, 4.69) is 16.4 Å². The molecular weight excluding hydrogens is 266 g/mol. The van der Waals surface area contributed by atoms with E-state index in [-0.39, 0.29) is 0 Å². The van der Waals surface area contributed by atoms with Gasteiger partial charge in [0, 0.05) is 38.0 Å². The van der Waals surface area contributed by atoms with Crippen molar-refractivity contribution < 1.29 is 9.47 Å². The number of rotatable bonds is 8. The zero-order chi connectivity index (χ0) is 15.1. The van der Waals surface area contributed by atoms with Gasteiger partial charge in [-0.3, -0.25) is 0 Å². The summed E-state index contributed by atoms with van der Waals surface area (Å²) in [5.74, 6) is 2.63. The van der Waals surface area contributed by atoms with Crippen molar-refractivity contribution in [1.29, 1.82) is 0 Å². The Labute approximate surface area is 125 Å². The highest BCUT2D eigenvalue weighted by Gasteiger charge is 2.11. The summed E-state index contributed by atoms with van der Waals surface area (Å²) in [5.41, 5.74) is 1.10. The third-order valence-corrected chi connectivity index (χ3v) is 3.22. The van der Waals surface area contributed by atoms with Crippen LogP contribution in [0, 0.1) is 0 Å². The Kier molecular flexibility index (Phi) is 5.63. The van der Waals surface area contributed by atoms with Crippen LogP contribution in [0.25, 0.3) is 0 Å². The Hall–Kier alpha value is -2.01. The summed E-state index contributed by atoms with van der Waals surface area (Å²) in [6.45, 7) is 3.92. The van der Waals surface area contributed by atoms with Crippen LogP contribution in [-0.4, -0.2) is 29.8 Å². The van der Waals surface area contributed by atoms with Crippen molar-refractivity contribution in [3.05, 3.63) is 42.0 Å². The number of nitrogens with one attached hydrogen (secondary N) is 1. The molecule has 1 N–H and O–H groups in total. The Bertz CT molecular complexity index is 542. The van der Waals surface area contributed by atoms with Crippen LogP contribution in [-0.2, 0) is 20.0 Å². The Morgan fingerprint density at radius 1 is 1.29 bits per heavy atom. The first-order chi connectivity index (χ1) is 10.3. The van der Waals surface area contributed by atoms with E-state index in [4.69, 9.17) is 9.47 Å². The lowest BCUT2D eigenvalue weighted by molar-refractivity contribution is 0.274. The van der Waals surface area contributed by atoms with E-state index >= 15 is 0 Å². The van der Waals surface area contributed by atoms with E-state index in [9.17, 15) is 0 Å². The second kappa shape index (κ2) is 7.69. The topological polar surface area (TPSA) is 48.3 Å². The van der Waals surface area contributed by atoms with Crippen LogP contribution in [0.5, 0.6) is 11.5 Å². The van der Waals surface area contributed by atoms with Crippen molar-refractivity contribution in [2.75, 3.05) is 20.3 Å². The Morgan fingerprint density at radius 2 is 2.14 bits per heavy atom. The van der Waals surface area contributed by atoms with E-state index in [1.54, 1.807) is 6.20 Å². The number of aromatic nitrogens is 2. The highest BCUT2D eigenvalue weighted by atomic mass is 16.5. The number of aryl methyl sites for hydroxylation is 1. The predicted molar refractivity (Wildman–Crippen MR) is 82.8 cm³/mol. The van der Waals surface area contributed by atoms with Crippen molar-refractivity contribution in [2.24, 2.45) is 7.05 Å². The summed E-state index contributed by atoms with van der Waals surface area (Å²) < 4.78 is 13.7. The molecule has 5 heteroatoms. The third-order valence-electron chi connectivity index (χ3n) is 3.22. The van der Waals surface area contributed by atoms with E-state index in [1.807, 2.05) is 43.9 Å². The normalized spacial score (nSPS) is 10.6. The summed E-state index contributed by atoms with van der Waals surface area (Å²) >= 11 is 0. The molecule has 5 nitrogen and oxygen atoms in total. The lowest BCUT2D eigenvalue weighted by Crippen LogP contribution is -2.11. The fraction of sp³-hybridized carbons (Fsp3) is 0.438. The van der Waals surface area contributed by atoms with Gasteiger partial charge in [0.15, 0.2) is 11.5 Å². The fourth-order valence-electron chi connectivity index (χ4n) is 2.21. The van der Waals surface area contributed by atoms with Crippen LogP contribution in [0.4, 0.5) is 0 Å². The van der Waals surface area contributed by atoms with Gasteiger partial charge in [0.25, 0.3) is 0 Å². The van der Waals surface area contributed by atoms with Gasteiger partial charge < -0.3 is 19.4 Å². The summed E-state index contributed by atoms with van der Waals surface area (Å²) in [5, 5.41) is 3.15. The highest BCUT2D eigenvalue weighted by Crippen LogP contribution is 2.31. The molecule has 0 aliphatic rings. The molecule has 1 heterocycles. The summed E-state index contributed by atoms with van der Waals surface area (Å²) in [6.07, 6.45) is 4.51. The molecule has 1 aromatic heterocycles. The zero-order valence-electron chi connectivity index (χ0n) is 12.9. The van der Waals surface area contributed by atoms with Crippen molar-refractivity contribution >= 4 is 0 Å². The molecule has 0 spiro atoms. The minimum atomic E-state index is 0.575. The van der Waals surface area contributed by atoms with E-state index in [0.717, 1.165) is 35.9 Å². The average molecular weight is 289 g/mol. The van der Waals surface area contributed by atoms with Gasteiger partial charge in [-0.1, -0.05) is 12.1 Å². The monoisotopic (exact) mass is 289 g/mol. The molecule has 0 saturated carbocycles. The Balaban J connectivity index is 2.07. The summed E-state index contributed by atoms with van der Waals surface area (Å²) in [4.78, 5) is 4.30. The largest absolute Gasteiger partial charge is 0.490 e. The van der Waals surface area contributed by atoms with E-state index in [0.29, 0.717) is 13.2 Å². The zero-order valence-corrected chi connectivity index (χ0v) is 12.9. The second-order valence-electron chi connectivity index (χ2n) is 4.76. The molecule has 2 aromatic rings. The van der Waals surface area contributed by atoms with Crippen molar-refractivity contribution in [3.63, 3.8) is 0 Å². The van der Waals surface area contributed by atoms with Gasteiger partial charge >= 0.3 is 0 Å². The fourth-order valence-corrected chi connectivity index (χ4v) is 2.21. The van der Waals surface area contributed by atoms with Crippen LogP contribution in [0.1, 0.15) is 18.3 Å². The second-order valence-corrected chi connectivity index (χ2v) is 4.76. The molecule has 114 valence electrons. The van der Waals surface area contributed by atoms with Crippen LogP contribution >= 0.6 is 0 Å². The van der Waals surface area contributed by atoms with Crippen molar-refractivity contribution in [3.8, 4) is 11.5 Å². The molecule has 0 bridgehead atoms. The van der Waals surface area contributed by atoms with E-state index < -0.39 is 0 Å². The van der Waals surface area contributed by atoms with E-state index in [1.165, 1.54) is 0 Å². The average Bonchev–Trinajstić information content (AvgIpc) is 2.88. The van der Waals surface area contributed by atoms with Crippen LogP contribution in [0.15, 0.2) is 30.6 Å². The third kappa shape index (κ3) is 3.98. The molecule has 0 unspecified atom stereocenters. The van der Waals surface area contributed by atoms with Gasteiger partial charge in [-0.25, -0.2) is 4.98 Å². The number of hydrogen-bond acceptors (Lipinski definition) is 4. The molecule has 0 saturated heterocycles. The SMILES string of the molecule is CCOc1cccc(CNC)c1OCCc1nccn1C. The molecule has 21 heavy (non-hydrogen) atoms. The molecule has 0 aliphatic carbocycles. The molecule has 0 atom stereocenters. The maximum Gasteiger partial charge on any atom is 0.165 e. The summed E-state index contributed by atoms with van der Waals surface area (Å²) in [7, 11) is 3.91. The first-order valence-electron chi connectivity index (χ1n) is 7.24. The number of ether oxygens (including phenoxy) is 2. The van der Waals surface area contributed by atoms with Crippen molar-refractivity contribution in [1.82, 2.24) is 14.9 Å². The van der Waals surface area contributed by atoms with Crippen molar-refractivity contribution in [2.45, 2.75) is 19.9 Å². The first kappa shape index (κ1) is 15.4.